The van der Waals surface area contributed by atoms with E-state index >= 15 is 0 Å². The number of carbonyl (C=O) groups excluding carboxylic acids is 1. The second kappa shape index (κ2) is 4.51. The minimum atomic E-state index is -0.765. The van der Waals surface area contributed by atoms with Crippen LogP contribution in [0.4, 0.5) is 8.78 Å². The van der Waals surface area contributed by atoms with Gasteiger partial charge in [-0.2, -0.15) is 5.26 Å². The molecule has 3 nitrogen and oxygen atoms in total. The first-order valence-corrected chi connectivity index (χ1v) is 4.13. The number of rotatable bonds is 2. The van der Waals surface area contributed by atoms with Crippen molar-refractivity contribution in [1.29, 1.82) is 5.26 Å². The van der Waals surface area contributed by atoms with E-state index in [0.717, 1.165) is 17.0 Å². The third kappa shape index (κ3) is 2.74. The molecule has 1 aromatic rings. The van der Waals surface area contributed by atoms with Crippen LogP contribution in [0.2, 0.25) is 0 Å². The molecule has 78 valence electrons. The lowest BCUT2D eigenvalue weighted by Gasteiger charge is -2.13. The summed E-state index contributed by atoms with van der Waals surface area (Å²) in [6.45, 7) is -0.0570. The quantitative estimate of drug-likeness (QED) is 0.693. The largest absolute Gasteiger partial charge is 0.329 e. The summed E-state index contributed by atoms with van der Waals surface area (Å²) in [5, 5.41) is 8.30. The topological polar surface area (TPSA) is 44.1 Å². The van der Waals surface area contributed by atoms with Crippen LogP contribution in [0.25, 0.3) is 0 Å². The Balaban J connectivity index is 2.82. The van der Waals surface area contributed by atoms with Gasteiger partial charge in [0.05, 0.1) is 0 Å². The summed E-state index contributed by atoms with van der Waals surface area (Å²) >= 11 is 0. The summed E-state index contributed by atoms with van der Waals surface area (Å²) in [5.41, 5.74) is 0.169. The van der Waals surface area contributed by atoms with Gasteiger partial charge < -0.3 is 4.90 Å². The van der Waals surface area contributed by atoms with Crippen molar-refractivity contribution in [1.82, 2.24) is 4.90 Å². The molecule has 0 aliphatic rings. The first-order chi connectivity index (χ1) is 7.04. The van der Waals surface area contributed by atoms with Crippen molar-refractivity contribution in [2.24, 2.45) is 0 Å². The van der Waals surface area contributed by atoms with Gasteiger partial charge in [-0.3, -0.25) is 4.79 Å². The number of halogens is 2. The molecule has 0 spiro atoms. The van der Waals surface area contributed by atoms with Crippen molar-refractivity contribution in [3.05, 3.63) is 35.4 Å². The number of hydrogen-bond donors (Lipinski definition) is 0. The summed E-state index contributed by atoms with van der Waals surface area (Å²) in [6.07, 6.45) is 0. The van der Waals surface area contributed by atoms with Crippen LogP contribution in [-0.2, 0) is 11.3 Å². The average Bonchev–Trinajstić information content (AvgIpc) is 2.20. The third-order valence-electron chi connectivity index (χ3n) is 1.86. The van der Waals surface area contributed by atoms with Crippen molar-refractivity contribution in [3.8, 4) is 6.07 Å². The minimum absolute atomic E-state index is 0.0570. The fourth-order valence-electron chi connectivity index (χ4n) is 1.06. The van der Waals surface area contributed by atoms with E-state index in [1.165, 1.54) is 19.2 Å². The molecular formula is C10H8F2N2O. The molecule has 0 N–H and O–H groups in total. The lowest BCUT2D eigenvalue weighted by atomic mass is 10.2. The van der Waals surface area contributed by atoms with Crippen LogP contribution in [0.1, 0.15) is 5.56 Å². The first kappa shape index (κ1) is 11.1. The number of amides is 1. The Morgan fingerprint density at radius 2 is 2.20 bits per heavy atom. The molecule has 0 saturated carbocycles. The van der Waals surface area contributed by atoms with Crippen LogP contribution in [0, 0.1) is 23.0 Å². The normalized spacial score (nSPS) is 9.47. The van der Waals surface area contributed by atoms with Crippen LogP contribution in [0.15, 0.2) is 18.2 Å². The van der Waals surface area contributed by atoms with Gasteiger partial charge in [-0.05, 0) is 6.07 Å². The summed E-state index contributed by atoms with van der Waals surface area (Å²) in [7, 11) is 1.37. The molecule has 15 heavy (non-hydrogen) atoms. The molecule has 1 rings (SSSR count). The summed E-state index contributed by atoms with van der Waals surface area (Å²) in [4.78, 5) is 11.9. The molecule has 0 unspecified atom stereocenters. The van der Waals surface area contributed by atoms with E-state index < -0.39 is 17.5 Å². The Hall–Kier alpha value is -1.96. The van der Waals surface area contributed by atoms with E-state index in [9.17, 15) is 13.6 Å². The maximum Gasteiger partial charge on any atom is 0.325 e. The van der Waals surface area contributed by atoms with Gasteiger partial charge in [0.1, 0.15) is 11.6 Å². The molecule has 0 aromatic heterocycles. The van der Waals surface area contributed by atoms with Gasteiger partial charge in [0, 0.05) is 25.2 Å². The first-order valence-electron chi connectivity index (χ1n) is 4.13. The van der Waals surface area contributed by atoms with E-state index in [4.69, 9.17) is 5.26 Å². The van der Waals surface area contributed by atoms with E-state index in [1.54, 1.807) is 0 Å². The molecule has 0 fully saturated rings. The van der Waals surface area contributed by atoms with Crippen LogP contribution < -0.4 is 0 Å². The second-order valence-electron chi connectivity index (χ2n) is 3.01. The summed E-state index contributed by atoms with van der Waals surface area (Å²) in [6, 6.07) is 4.48. The molecule has 0 atom stereocenters. The smallest absolute Gasteiger partial charge is 0.325 e. The molecule has 0 aliphatic carbocycles. The van der Waals surface area contributed by atoms with Crippen LogP contribution >= 0.6 is 0 Å². The zero-order chi connectivity index (χ0) is 11.4. The van der Waals surface area contributed by atoms with Crippen molar-refractivity contribution < 1.29 is 13.6 Å². The standard InChI is InChI=1S/C10H8F2N2O/c1-14(10(15)5-13)6-7-2-3-8(11)4-9(7)12/h2-4H,6H2,1H3. The van der Waals surface area contributed by atoms with E-state index in [0.29, 0.717) is 0 Å². The molecule has 0 aliphatic heterocycles. The van der Waals surface area contributed by atoms with Gasteiger partial charge in [0.15, 0.2) is 6.07 Å². The van der Waals surface area contributed by atoms with Crippen molar-refractivity contribution in [3.63, 3.8) is 0 Å². The monoisotopic (exact) mass is 210 g/mol. The zero-order valence-corrected chi connectivity index (χ0v) is 8.00. The van der Waals surface area contributed by atoms with Crippen LogP contribution in [-0.4, -0.2) is 17.9 Å². The van der Waals surface area contributed by atoms with Crippen molar-refractivity contribution >= 4 is 5.91 Å². The highest BCUT2D eigenvalue weighted by atomic mass is 19.1. The average molecular weight is 210 g/mol. The number of nitrogens with zero attached hydrogens (tertiary/aromatic N) is 2. The molecule has 0 heterocycles. The fraction of sp³-hybridized carbons (Fsp3) is 0.200. The highest BCUT2D eigenvalue weighted by molar-refractivity contribution is 5.90. The highest BCUT2D eigenvalue weighted by Gasteiger charge is 2.11. The molecule has 0 radical (unpaired) electrons. The Morgan fingerprint density at radius 1 is 1.53 bits per heavy atom. The van der Waals surface area contributed by atoms with Gasteiger partial charge in [-0.15, -0.1) is 0 Å². The van der Waals surface area contributed by atoms with E-state index in [1.807, 2.05) is 0 Å². The van der Waals surface area contributed by atoms with Gasteiger partial charge in [0.2, 0.25) is 0 Å². The Kier molecular flexibility index (Phi) is 3.34. The second-order valence-corrected chi connectivity index (χ2v) is 3.01. The maximum atomic E-state index is 13.1. The maximum absolute atomic E-state index is 13.1. The van der Waals surface area contributed by atoms with Gasteiger partial charge >= 0.3 is 5.91 Å². The lowest BCUT2D eigenvalue weighted by molar-refractivity contribution is -0.124. The SMILES string of the molecule is CN(Cc1ccc(F)cc1F)C(=O)C#N. The van der Waals surface area contributed by atoms with E-state index in [2.05, 4.69) is 0 Å². The summed E-state index contributed by atoms with van der Waals surface area (Å²) in [5.74, 6) is -2.17. The van der Waals surface area contributed by atoms with E-state index in [-0.39, 0.29) is 12.1 Å². The summed E-state index contributed by atoms with van der Waals surface area (Å²) < 4.78 is 25.7. The molecule has 1 amide bonds. The van der Waals surface area contributed by atoms with Gasteiger partial charge in [0.25, 0.3) is 0 Å². The molecule has 5 heteroatoms. The Bertz CT molecular complexity index is 426. The molecule has 0 bridgehead atoms. The fourth-order valence-corrected chi connectivity index (χ4v) is 1.06. The van der Waals surface area contributed by atoms with Crippen LogP contribution in [0.5, 0.6) is 0 Å². The lowest BCUT2D eigenvalue weighted by Crippen LogP contribution is -2.24. The number of benzene rings is 1. The predicted molar refractivity (Wildman–Crippen MR) is 48.4 cm³/mol. The number of nitriles is 1. The van der Waals surface area contributed by atoms with Gasteiger partial charge in [-0.1, -0.05) is 6.07 Å². The molecular weight excluding hydrogens is 202 g/mol. The van der Waals surface area contributed by atoms with Crippen molar-refractivity contribution in [2.45, 2.75) is 6.54 Å². The number of carbonyl (C=O) groups is 1. The Labute approximate surface area is 85.5 Å². The predicted octanol–water partition coefficient (Wildman–Crippen LogP) is 1.45. The third-order valence-corrected chi connectivity index (χ3v) is 1.86. The van der Waals surface area contributed by atoms with Crippen LogP contribution in [0.3, 0.4) is 0 Å². The zero-order valence-electron chi connectivity index (χ0n) is 8.00. The van der Waals surface area contributed by atoms with Gasteiger partial charge in [-0.25, -0.2) is 8.78 Å². The van der Waals surface area contributed by atoms with Crippen molar-refractivity contribution in [2.75, 3.05) is 7.05 Å². The molecule has 1 aromatic carbocycles. The highest BCUT2D eigenvalue weighted by Crippen LogP contribution is 2.11. The molecule has 0 saturated heterocycles. The Morgan fingerprint density at radius 3 is 2.73 bits per heavy atom. The minimum Gasteiger partial charge on any atom is -0.329 e. The number of hydrogen-bond acceptors (Lipinski definition) is 2.